The molecule has 2 heterocycles. The van der Waals surface area contributed by atoms with E-state index < -0.39 is 23.5 Å². The number of hydrogen-bond donors (Lipinski definition) is 2. The Labute approximate surface area is 131 Å². The number of halogens is 1. The van der Waals surface area contributed by atoms with Gasteiger partial charge in [0.15, 0.2) is 0 Å². The molecule has 120 valence electrons. The van der Waals surface area contributed by atoms with E-state index in [0.29, 0.717) is 11.3 Å². The van der Waals surface area contributed by atoms with Crippen molar-refractivity contribution in [2.24, 2.45) is 0 Å². The van der Waals surface area contributed by atoms with E-state index in [1.165, 1.54) is 29.3 Å². The lowest BCUT2D eigenvalue weighted by atomic mass is 10.0. The highest BCUT2D eigenvalue weighted by Gasteiger charge is 2.43. The summed E-state index contributed by atoms with van der Waals surface area (Å²) in [4.78, 5) is 24.9. The zero-order chi connectivity index (χ0) is 16.8. The molecule has 0 bridgehead atoms. The number of fused-ring (bicyclic) bond motifs is 1. The number of carboxylic acid groups (broad SMARTS) is 1. The monoisotopic (exact) mass is 318 g/mol. The Morgan fingerprint density at radius 1 is 1.35 bits per heavy atom. The maximum atomic E-state index is 13.7. The molecule has 1 aromatic heterocycles. The number of urea groups is 1. The first-order valence-corrected chi connectivity index (χ1v) is 6.96. The van der Waals surface area contributed by atoms with Gasteiger partial charge in [-0.15, -0.1) is 0 Å². The Kier molecular flexibility index (Phi) is 3.32. The molecule has 0 saturated carbocycles. The Hall–Kier alpha value is -2.90. The molecular weight excluding hydrogens is 303 g/mol. The first-order chi connectivity index (χ1) is 10.8. The van der Waals surface area contributed by atoms with E-state index in [-0.39, 0.29) is 12.2 Å². The normalized spacial score (nSPS) is 15.3. The molecule has 0 unspecified atom stereocenters. The Morgan fingerprint density at radius 2 is 2.04 bits per heavy atom. The Bertz CT molecular complexity index is 800. The largest absolute Gasteiger partial charge is 0.463 e. The average molecular weight is 318 g/mol. The van der Waals surface area contributed by atoms with E-state index >= 15 is 0 Å². The molecule has 2 amide bonds. The van der Waals surface area contributed by atoms with E-state index in [4.69, 9.17) is 5.11 Å². The van der Waals surface area contributed by atoms with Crippen LogP contribution in [0.15, 0.2) is 30.5 Å². The van der Waals surface area contributed by atoms with E-state index in [1.807, 2.05) is 0 Å². The van der Waals surface area contributed by atoms with Crippen molar-refractivity contribution < 1.29 is 19.1 Å². The van der Waals surface area contributed by atoms with Gasteiger partial charge in [0.1, 0.15) is 5.82 Å². The molecule has 0 saturated heterocycles. The van der Waals surface area contributed by atoms with Gasteiger partial charge in [0.05, 0.1) is 23.5 Å². The topological polar surface area (TPSA) is 87.5 Å². The van der Waals surface area contributed by atoms with E-state index in [2.05, 4.69) is 10.4 Å². The van der Waals surface area contributed by atoms with Gasteiger partial charge in [-0.05, 0) is 26.0 Å². The van der Waals surface area contributed by atoms with Crippen LogP contribution in [-0.4, -0.2) is 31.9 Å². The molecule has 0 fully saturated rings. The van der Waals surface area contributed by atoms with Crippen LogP contribution in [0.3, 0.4) is 0 Å². The van der Waals surface area contributed by atoms with Crippen molar-refractivity contribution in [2.75, 3.05) is 5.32 Å². The number of aromatic nitrogens is 2. The Balaban J connectivity index is 1.84. The molecule has 1 aliphatic rings. The minimum atomic E-state index is -1.18. The van der Waals surface area contributed by atoms with Gasteiger partial charge >= 0.3 is 12.1 Å². The summed E-state index contributed by atoms with van der Waals surface area (Å²) in [5, 5.41) is 15.5. The van der Waals surface area contributed by atoms with Crippen molar-refractivity contribution in [3.8, 4) is 0 Å². The summed E-state index contributed by atoms with van der Waals surface area (Å²) >= 11 is 0. The van der Waals surface area contributed by atoms with Crippen molar-refractivity contribution in [1.29, 1.82) is 0 Å². The lowest BCUT2D eigenvalue weighted by Crippen LogP contribution is -2.43. The van der Waals surface area contributed by atoms with Crippen LogP contribution in [0.5, 0.6) is 0 Å². The number of carbonyl (C=O) groups excluding carboxylic acids is 1. The number of nitrogens with zero attached hydrogens (tertiary/aromatic N) is 3. The number of para-hydroxylation sites is 1. The predicted octanol–water partition coefficient (Wildman–Crippen LogP) is 2.83. The Morgan fingerprint density at radius 3 is 2.65 bits per heavy atom. The minimum Gasteiger partial charge on any atom is -0.463 e. The summed E-state index contributed by atoms with van der Waals surface area (Å²) in [7, 11) is 0. The van der Waals surface area contributed by atoms with Crippen LogP contribution < -0.4 is 5.32 Å². The molecule has 1 aliphatic heterocycles. The molecule has 0 aliphatic carbocycles. The van der Waals surface area contributed by atoms with E-state index in [1.54, 1.807) is 19.9 Å². The van der Waals surface area contributed by atoms with Gasteiger partial charge in [-0.2, -0.15) is 9.78 Å². The number of anilines is 1. The zero-order valence-corrected chi connectivity index (χ0v) is 12.6. The maximum Gasteiger partial charge on any atom is 0.432 e. The van der Waals surface area contributed by atoms with Crippen LogP contribution in [-0.2, 0) is 12.1 Å². The molecule has 23 heavy (non-hydrogen) atoms. The van der Waals surface area contributed by atoms with Gasteiger partial charge in [-0.1, -0.05) is 12.1 Å². The summed E-state index contributed by atoms with van der Waals surface area (Å²) in [6, 6.07) is 5.42. The van der Waals surface area contributed by atoms with Crippen LogP contribution in [0, 0.1) is 5.82 Å². The smallest absolute Gasteiger partial charge is 0.432 e. The van der Waals surface area contributed by atoms with Gasteiger partial charge in [0.25, 0.3) is 0 Å². The van der Waals surface area contributed by atoms with E-state index in [0.717, 1.165) is 4.68 Å². The van der Waals surface area contributed by atoms with Gasteiger partial charge in [0, 0.05) is 11.8 Å². The molecule has 1 aromatic carbocycles. The van der Waals surface area contributed by atoms with Crippen molar-refractivity contribution in [1.82, 2.24) is 14.7 Å². The molecule has 0 radical (unpaired) electrons. The summed E-state index contributed by atoms with van der Waals surface area (Å²) in [5.74, 6) is -0.522. The number of hydrogen-bond acceptors (Lipinski definition) is 3. The number of carbonyl (C=O) groups is 2. The minimum absolute atomic E-state index is 0.0911. The predicted molar refractivity (Wildman–Crippen MR) is 79.6 cm³/mol. The molecule has 0 atom stereocenters. The summed E-state index contributed by atoms with van der Waals surface area (Å²) in [6.45, 7) is 3.73. The molecule has 3 rings (SSSR count). The van der Waals surface area contributed by atoms with Crippen molar-refractivity contribution in [3.05, 3.63) is 47.5 Å². The first kappa shape index (κ1) is 15.0. The van der Waals surface area contributed by atoms with Crippen LogP contribution in [0.25, 0.3) is 0 Å². The molecule has 2 aromatic rings. The molecule has 0 spiro atoms. The van der Waals surface area contributed by atoms with Crippen LogP contribution in [0.1, 0.15) is 25.1 Å². The number of amides is 2. The summed E-state index contributed by atoms with van der Waals surface area (Å²) in [6.07, 6.45) is 0.202. The third-order valence-electron chi connectivity index (χ3n) is 3.93. The fourth-order valence-electron chi connectivity index (χ4n) is 2.71. The molecule has 7 nitrogen and oxygen atoms in total. The quantitative estimate of drug-likeness (QED) is 0.846. The zero-order valence-electron chi connectivity index (χ0n) is 12.6. The molecule has 8 heteroatoms. The average Bonchev–Trinajstić information content (AvgIpc) is 3.00. The second-order valence-corrected chi connectivity index (χ2v) is 5.79. The lowest BCUT2D eigenvalue weighted by Gasteiger charge is -2.31. The number of rotatable bonds is 1. The third kappa shape index (κ3) is 2.41. The van der Waals surface area contributed by atoms with Gasteiger partial charge in [0.2, 0.25) is 0 Å². The van der Waals surface area contributed by atoms with Gasteiger partial charge < -0.3 is 15.3 Å². The highest BCUT2D eigenvalue weighted by atomic mass is 19.1. The fourth-order valence-corrected chi connectivity index (χ4v) is 2.71. The van der Waals surface area contributed by atoms with E-state index in [9.17, 15) is 14.0 Å². The van der Waals surface area contributed by atoms with Crippen LogP contribution >= 0.6 is 0 Å². The first-order valence-electron chi connectivity index (χ1n) is 6.96. The van der Waals surface area contributed by atoms with Crippen molar-refractivity contribution in [3.63, 3.8) is 0 Å². The second kappa shape index (κ2) is 5.08. The third-order valence-corrected chi connectivity index (χ3v) is 3.93. The number of nitrogens with one attached hydrogen (secondary N) is 1. The lowest BCUT2D eigenvalue weighted by molar-refractivity contribution is 0.153. The van der Waals surface area contributed by atoms with Gasteiger partial charge in [-0.25, -0.2) is 14.0 Å². The summed E-state index contributed by atoms with van der Waals surface area (Å²) < 4.78 is 14.5. The standard InChI is InChI=1S/C15H15FN4O3/c1-15(2)12-9(8-20(18-12)14(22)23)7-19(15)13(21)17-11-6-4-3-5-10(11)16/h3-6,8H,7H2,1-2H3,(H,17,21)(H,22,23). The summed E-state index contributed by atoms with van der Waals surface area (Å²) in [5.41, 5.74) is 0.462. The highest BCUT2D eigenvalue weighted by Crippen LogP contribution is 2.38. The SMILES string of the molecule is CC1(C)c2nn(C(=O)O)cc2CN1C(=O)Nc1ccccc1F. The highest BCUT2D eigenvalue weighted by molar-refractivity contribution is 5.90. The molecular formula is C15H15FN4O3. The second-order valence-electron chi connectivity index (χ2n) is 5.79. The molecule has 2 N–H and O–H groups in total. The van der Waals surface area contributed by atoms with Crippen LogP contribution in [0.2, 0.25) is 0 Å². The van der Waals surface area contributed by atoms with Crippen molar-refractivity contribution >= 4 is 17.8 Å². The van der Waals surface area contributed by atoms with Gasteiger partial charge in [-0.3, -0.25) is 0 Å². The number of benzene rings is 1. The fraction of sp³-hybridized carbons (Fsp3) is 0.267. The maximum absolute atomic E-state index is 13.7. The van der Waals surface area contributed by atoms with Crippen LogP contribution in [0.4, 0.5) is 19.7 Å². The van der Waals surface area contributed by atoms with Crippen molar-refractivity contribution in [2.45, 2.75) is 25.9 Å².